The van der Waals surface area contributed by atoms with E-state index < -0.39 is 38.7 Å². The number of halogens is 3. The van der Waals surface area contributed by atoms with Crippen LogP contribution in [0.25, 0.3) is 16.7 Å². The van der Waals surface area contributed by atoms with Gasteiger partial charge in [-0.2, -0.15) is 0 Å². The summed E-state index contributed by atoms with van der Waals surface area (Å²) in [6.07, 6.45) is 6.32. The van der Waals surface area contributed by atoms with Gasteiger partial charge in [0.25, 0.3) is 0 Å². The predicted molar refractivity (Wildman–Crippen MR) is 129 cm³/mol. The molecule has 0 saturated carbocycles. The molecule has 0 aliphatic carbocycles. The molecule has 3 heterocycles. The Labute approximate surface area is 221 Å². The molecule has 0 bridgehead atoms. The number of hydrogen-bond acceptors (Lipinski definition) is 8. The molecule has 9 nitrogen and oxygen atoms in total. The average Bonchev–Trinajstić information content (AvgIpc) is 3.44. The summed E-state index contributed by atoms with van der Waals surface area (Å²) in [5.41, 5.74) is 1.32. The Morgan fingerprint density at radius 2 is 1.78 bits per heavy atom. The summed E-state index contributed by atoms with van der Waals surface area (Å²) in [6.45, 7) is 1.34. The molecule has 1 fully saturated rings. The molecule has 2 aromatic carbocycles. The Bertz CT molecular complexity index is 1480. The van der Waals surface area contributed by atoms with Crippen molar-refractivity contribution in [1.29, 1.82) is 0 Å². The van der Waals surface area contributed by atoms with Crippen LogP contribution in [0.15, 0.2) is 66.0 Å². The molecule has 2 aromatic heterocycles. The summed E-state index contributed by atoms with van der Waals surface area (Å²) >= 11 is -1.45. The van der Waals surface area contributed by atoms with Crippen molar-refractivity contribution in [3.8, 4) is 5.69 Å². The van der Waals surface area contributed by atoms with E-state index in [-0.39, 0.29) is 35.1 Å². The van der Waals surface area contributed by atoms with Crippen molar-refractivity contribution in [2.24, 2.45) is 0 Å². The molecule has 0 spiro atoms. The van der Waals surface area contributed by atoms with E-state index >= 15 is 0 Å². The predicted octanol–water partition coefficient (Wildman–Crippen LogP) is -0.250. The van der Waals surface area contributed by atoms with Gasteiger partial charge in [-0.25, -0.2) is 0 Å². The van der Waals surface area contributed by atoms with Gasteiger partial charge >= 0.3 is 222 Å². The van der Waals surface area contributed by atoms with Crippen LogP contribution in [0.2, 0.25) is 0 Å². The fraction of sp³-hybridized carbons (Fsp3) is 0.292. The van der Waals surface area contributed by atoms with E-state index in [0.717, 1.165) is 17.8 Å². The van der Waals surface area contributed by atoms with Crippen molar-refractivity contribution < 1.29 is 42.4 Å². The Morgan fingerprint density at radius 3 is 2.43 bits per heavy atom. The number of piperidine rings is 1. The zero-order valence-electron chi connectivity index (χ0n) is 19.6. The van der Waals surface area contributed by atoms with Gasteiger partial charge in [0.05, 0.1) is 0 Å². The molecular weight excluding hydrogens is 617 g/mol. The quantitative estimate of drug-likeness (QED) is 0.160. The van der Waals surface area contributed by atoms with Crippen LogP contribution >= 0.6 is 0 Å². The zero-order chi connectivity index (χ0) is 26.0. The van der Waals surface area contributed by atoms with Crippen molar-refractivity contribution >= 4 is 23.9 Å². The first kappa shape index (κ1) is 25.9. The van der Waals surface area contributed by atoms with E-state index in [1.165, 1.54) is 6.20 Å². The van der Waals surface area contributed by atoms with Crippen LogP contribution in [0, 0.1) is 11.6 Å². The van der Waals surface area contributed by atoms with Crippen molar-refractivity contribution in [3.05, 3.63) is 72.7 Å². The molecule has 1 aliphatic heterocycles. The number of hydrogen-bond donors (Lipinski definition) is 1. The number of rotatable bonds is 8. The zero-order valence-corrected chi connectivity index (χ0v) is 22.6. The molecule has 5 rings (SSSR count). The third-order valence-electron chi connectivity index (χ3n) is 6.14. The Hall–Kier alpha value is -2.75. The first-order chi connectivity index (χ1) is 17.8. The minimum atomic E-state index is -3.52. The van der Waals surface area contributed by atoms with Crippen LogP contribution in [0.4, 0.5) is 14.6 Å². The molecule has 4 aromatic rings. The van der Waals surface area contributed by atoms with E-state index in [1.54, 1.807) is 47.4 Å². The van der Waals surface area contributed by atoms with Gasteiger partial charge in [0.15, 0.2) is 0 Å². The van der Waals surface area contributed by atoms with Crippen LogP contribution in [-0.2, 0) is 7.01 Å². The number of aromatic nitrogens is 4. The van der Waals surface area contributed by atoms with Crippen molar-refractivity contribution in [2.45, 2.75) is 23.8 Å². The molecule has 37 heavy (non-hydrogen) atoms. The van der Waals surface area contributed by atoms with Crippen molar-refractivity contribution in [2.75, 3.05) is 31.1 Å². The third-order valence-corrected chi connectivity index (χ3v) is 13.2. The van der Waals surface area contributed by atoms with E-state index in [0.29, 0.717) is 31.7 Å². The number of aliphatic hydroxyl groups is 1. The fourth-order valence-corrected chi connectivity index (χ4v) is 11.1. The maximum absolute atomic E-state index is 13.6. The summed E-state index contributed by atoms with van der Waals surface area (Å²) in [7, 11) is -3.52. The number of anilines is 1. The van der Waals surface area contributed by atoms with Gasteiger partial charge < -0.3 is 0 Å². The van der Waals surface area contributed by atoms with Crippen LogP contribution in [0.3, 0.4) is 0 Å². The fourth-order valence-electron chi connectivity index (χ4n) is 4.23. The molecule has 0 radical (unpaired) electrons. The van der Waals surface area contributed by atoms with Crippen LogP contribution in [-0.4, -0.2) is 68.7 Å². The number of fused-ring (bicyclic) bond motifs is 1. The second-order valence-electron chi connectivity index (χ2n) is 8.50. The van der Waals surface area contributed by atoms with Crippen molar-refractivity contribution in [1.82, 2.24) is 22.9 Å². The first-order valence-corrected chi connectivity index (χ1v) is 16.6. The number of aliphatic hydroxyl groups excluding tert-OH is 1. The van der Waals surface area contributed by atoms with Gasteiger partial charge in [-0.05, 0) is 0 Å². The monoisotopic (exact) mass is 641 g/mol. The van der Waals surface area contributed by atoms with Gasteiger partial charge in [0.1, 0.15) is 0 Å². The average molecular weight is 641 g/mol. The Kier molecular flexibility index (Phi) is 7.65. The van der Waals surface area contributed by atoms with Crippen LogP contribution in [0.5, 0.6) is 0 Å². The van der Waals surface area contributed by atoms with Gasteiger partial charge in [0.2, 0.25) is 0 Å². The summed E-state index contributed by atoms with van der Waals surface area (Å²) in [5, 5.41) is 13.8. The molecule has 196 valence electrons. The standard InChI is InChI=1S/C24H24F2IN6O3S/c25-20-14-22-23(15-21(20)26)30-24(16-28-22)31-10-6-17(7-11-31)32(12-13-34)27-37(35,36)19-4-2-18(3-5-19)33-9-1-8-29-33/h1-5,8-9,14-17,34H,6-7,10-13H2/q-1. The molecule has 0 amide bonds. The van der Waals surface area contributed by atoms with Gasteiger partial charge in [-0.1, -0.05) is 0 Å². The van der Waals surface area contributed by atoms with Gasteiger partial charge in [-0.15, -0.1) is 0 Å². The summed E-state index contributed by atoms with van der Waals surface area (Å²) < 4.78 is 57.2. The summed E-state index contributed by atoms with van der Waals surface area (Å²) in [6, 6.07) is 10.5. The van der Waals surface area contributed by atoms with E-state index in [1.807, 2.05) is 8.01 Å². The van der Waals surface area contributed by atoms with Crippen LogP contribution in [0.1, 0.15) is 12.8 Å². The SMILES string of the molecule is O=S(=O)([I-]N(CCO)C1CCN(c2cnc3cc(F)c(F)cc3n2)CC1)c1ccc(-n2cccn2)cc1. The summed E-state index contributed by atoms with van der Waals surface area (Å²) in [5.74, 6) is -1.38. The van der Waals surface area contributed by atoms with E-state index in [2.05, 4.69) is 15.1 Å². The molecule has 1 aliphatic rings. The normalized spacial score (nSPS) is 15.2. The Balaban J connectivity index is 1.26. The number of benzene rings is 2. The van der Waals surface area contributed by atoms with E-state index in [4.69, 9.17) is 0 Å². The molecular formula is C24H24F2IN6O3S-. The van der Waals surface area contributed by atoms with E-state index in [9.17, 15) is 22.3 Å². The Morgan fingerprint density at radius 1 is 1.08 bits per heavy atom. The van der Waals surface area contributed by atoms with Gasteiger partial charge in [-0.3, -0.25) is 0 Å². The van der Waals surface area contributed by atoms with Crippen LogP contribution < -0.4 is 25.0 Å². The minimum absolute atomic E-state index is 0.00530. The second-order valence-corrected chi connectivity index (χ2v) is 15.9. The molecule has 1 saturated heterocycles. The first-order valence-electron chi connectivity index (χ1n) is 11.6. The maximum atomic E-state index is 13.6. The molecule has 1 N–H and O–H groups in total. The van der Waals surface area contributed by atoms with Crippen molar-refractivity contribution in [3.63, 3.8) is 0 Å². The molecule has 0 unspecified atom stereocenters. The van der Waals surface area contributed by atoms with Gasteiger partial charge in [0, 0.05) is 0 Å². The number of nitrogens with zero attached hydrogens (tertiary/aromatic N) is 6. The molecule has 0 atom stereocenters. The topological polar surface area (TPSA) is 104 Å². The second kappa shape index (κ2) is 10.9. The summed E-state index contributed by atoms with van der Waals surface area (Å²) in [4.78, 5) is 10.9. The molecule has 13 heteroatoms. The third kappa shape index (κ3) is 5.73.